The second-order valence-electron chi connectivity index (χ2n) is 8.27. The fourth-order valence-electron chi connectivity index (χ4n) is 4.21. The molecule has 2 aromatic heterocycles. The lowest BCUT2D eigenvalue weighted by molar-refractivity contribution is 0.102. The topological polar surface area (TPSA) is 83.8 Å². The van der Waals surface area contributed by atoms with Gasteiger partial charge in [-0.2, -0.15) is 4.31 Å². The molecule has 1 amide bonds. The van der Waals surface area contributed by atoms with Gasteiger partial charge in [-0.25, -0.2) is 13.4 Å². The Morgan fingerprint density at radius 2 is 1.76 bits per heavy atom. The van der Waals surface area contributed by atoms with E-state index in [1.54, 1.807) is 0 Å². The van der Waals surface area contributed by atoms with Crippen LogP contribution in [-0.4, -0.2) is 41.1 Å². The molecule has 0 atom stereocenters. The van der Waals surface area contributed by atoms with Gasteiger partial charge < -0.3 is 5.32 Å². The number of hydrogen-bond donors (Lipinski definition) is 1. The summed E-state index contributed by atoms with van der Waals surface area (Å²) in [4.78, 5) is 18.1. The molecule has 34 heavy (non-hydrogen) atoms. The summed E-state index contributed by atoms with van der Waals surface area (Å²) >= 11 is 6.26. The zero-order chi connectivity index (χ0) is 23.9. The number of aromatic nitrogens is 2. The molecule has 0 unspecified atom stereocenters. The average molecular weight is 495 g/mol. The van der Waals surface area contributed by atoms with Gasteiger partial charge in [-0.15, -0.1) is 0 Å². The Morgan fingerprint density at radius 1 is 1.03 bits per heavy atom. The monoisotopic (exact) mass is 494 g/mol. The number of imidazole rings is 1. The Hall–Kier alpha value is -3.20. The molecule has 1 fully saturated rings. The van der Waals surface area contributed by atoms with Crippen molar-refractivity contribution in [1.82, 2.24) is 13.7 Å². The summed E-state index contributed by atoms with van der Waals surface area (Å²) in [6.07, 6.45) is 3.46. The highest BCUT2D eigenvalue weighted by Gasteiger charge is 2.30. The van der Waals surface area contributed by atoms with E-state index in [0.29, 0.717) is 24.6 Å². The Kier molecular flexibility index (Phi) is 5.89. The maximum Gasteiger partial charge on any atom is 0.256 e. The third-order valence-electron chi connectivity index (χ3n) is 6.00. The van der Waals surface area contributed by atoms with Crippen molar-refractivity contribution >= 4 is 39.0 Å². The molecule has 1 N–H and O–H groups in total. The van der Waals surface area contributed by atoms with Crippen LogP contribution in [0.15, 0.2) is 71.8 Å². The largest absolute Gasteiger partial charge is 0.306 e. The van der Waals surface area contributed by atoms with Gasteiger partial charge in [-0.05, 0) is 49.6 Å². The van der Waals surface area contributed by atoms with Crippen LogP contribution in [0.25, 0.3) is 16.9 Å². The first-order valence-electron chi connectivity index (χ1n) is 11.0. The Balaban J connectivity index is 1.56. The van der Waals surface area contributed by atoms with Gasteiger partial charge in [0.25, 0.3) is 5.91 Å². The van der Waals surface area contributed by atoms with Gasteiger partial charge in [-0.1, -0.05) is 48.0 Å². The number of nitrogens with zero attached hydrogens (tertiary/aromatic N) is 3. The van der Waals surface area contributed by atoms with Crippen LogP contribution in [0.4, 0.5) is 5.82 Å². The van der Waals surface area contributed by atoms with Crippen molar-refractivity contribution in [3.05, 3.63) is 83.0 Å². The van der Waals surface area contributed by atoms with E-state index in [9.17, 15) is 13.2 Å². The van der Waals surface area contributed by atoms with Gasteiger partial charge in [0.15, 0.2) is 0 Å². The molecule has 7 nitrogen and oxygen atoms in total. The van der Waals surface area contributed by atoms with Crippen molar-refractivity contribution in [2.45, 2.75) is 24.7 Å². The lowest BCUT2D eigenvalue weighted by Crippen LogP contribution is -2.28. The number of pyridine rings is 1. The number of sulfonamides is 1. The molecule has 1 saturated heterocycles. The molecule has 9 heteroatoms. The van der Waals surface area contributed by atoms with Crippen molar-refractivity contribution in [2.24, 2.45) is 0 Å². The predicted molar refractivity (Wildman–Crippen MR) is 133 cm³/mol. The minimum atomic E-state index is -3.78. The molecule has 4 aromatic rings. The van der Waals surface area contributed by atoms with E-state index in [1.807, 2.05) is 60.0 Å². The van der Waals surface area contributed by atoms with Crippen molar-refractivity contribution in [3.8, 4) is 11.3 Å². The first-order chi connectivity index (χ1) is 16.4. The summed E-state index contributed by atoms with van der Waals surface area (Å²) < 4.78 is 29.4. The number of halogens is 1. The van der Waals surface area contributed by atoms with E-state index >= 15 is 0 Å². The zero-order valence-corrected chi connectivity index (χ0v) is 20.1. The van der Waals surface area contributed by atoms with Crippen LogP contribution in [0.5, 0.6) is 0 Å². The van der Waals surface area contributed by atoms with E-state index < -0.39 is 15.9 Å². The van der Waals surface area contributed by atoms with Crippen LogP contribution >= 0.6 is 11.6 Å². The highest BCUT2D eigenvalue weighted by Crippen LogP contribution is 2.31. The molecule has 3 heterocycles. The molecule has 0 radical (unpaired) electrons. The molecule has 2 aromatic carbocycles. The SMILES string of the molecule is Cc1cccn2c(NC(=O)c3ccc(Cl)c(S(=O)(=O)N4CCCC4)c3)c(-c3ccccc3)nc12. The fraction of sp³-hybridized carbons (Fsp3) is 0.200. The fourth-order valence-corrected chi connectivity index (χ4v) is 6.23. The molecular formula is C25H23ClN4O3S. The number of hydrogen-bond acceptors (Lipinski definition) is 4. The maximum atomic E-state index is 13.3. The molecule has 5 rings (SSSR count). The summed E-state index contributed by atoms with van der Waals surface area (Å²) in [5, 5.41) is 3.05. The zero-order valence-electron chi connectivity index (χ0n) is 18.5. The second-order valence-corrected chi connectivity index (χ2v) is 10.6. The molecular weight excluding hydrogens is 472 g/mol. The van der Waals surface area contributed by atoms with Gasteiger partial charge >= 0.3 is 0 Å². The first-order valence-corrected chi connectivity index (χ1v) is 12.8. The van der Waals surface area contributed by atoms with Crippen LogP contribution in [0.3, 0.4) is 0 Å². The predicted octanol–water partition coefficient (Wildman–Crippen LogP) is 5.00. The number of aryl methyl sites for hydroxylation is 1. The third kappa shape index (κ3) is 3.98. The number of carbonyl (C=O) groups is 1. The summed E-state index contributed by atoms with van der Waals surface area (Å²) in [5.74, 6) is 0.0591. The van der Waals surface area contributed by atoms with E-state index in [4.69, 9.17) is 16.6 Å². The van der Waals surface area contributed by atoms with Crippen molar-refractivity contribution in [2.75, 3.05) is 18.4 Å². The number of nitrogens with one attached hydrogen (secondary N) is 1. The second kappa shape index (κ2) is 8.87. The van der Waals surface area contributed by atoms with E-state index in [-0.39, 0.29) is 15.5 Å². The third-order valence-corrected chi connectivity index (χ3v) is 8.38. The van der Waals surface area contributed by atoms with E-state index in [1.165, 1.54) is 22.5 Å². The quantitative estimate of drug-likeness (QED) is 0.423. The lowest BCUT2D eigenvalue weighted by Gasteiger charge is -2.17. The van der Waals surface area contributed by atoms with Crippen molar-refractivity contribution in [1.29, 1.82) is 0 Å². The van der Waals surface area contributed by atoms with Crippen molar-refractivity contribution in [3.63, 3.8) is 0 Å². The number of carbonyl (C=O) groups excluding carboxylic acids is 1. The molecule has 1 aliphatic heterocycles. The minimum absolute atomic E-state index is 0.0546. The molecule has 0 saturated carbocycles. The molecule has 1 aliphatic rings. The lowest BCUT2D eigenvalue weighted by atomic mass is 10.1. The number of benzene rings is 2. The molecule has 0 spiro atoms. The summed E-state index contributed by atoms with van der Waals surface area (Å²) in [6.45, 7) is 2.87. The number of anilines is 1. The highest BCUT2D eigenvalue weighted by molar-refractivity contribution is 7.89. The van der Waals surface area contributed by atoms with E-state index in [2.05, 4.69) is 5.32 Å². The first kappa shape index (κ1) is 22.6. The van der Waals surface area contributed by atoms with Gasteiger partial charge in [0.05, 0.1) is 5.02 Å². The molecule has 174 valence electrons. The van der Waals surface area contributed by atoms with Crippen LogP contribution in [0, 0.1) is 6.92 Å². The Morgan fingerprint density at radius 3 is 2.50 bits per heavy atom. The highest BCUT2D eigenvalue weighted by atomic mass is 35.5. The van der Waals surface area contributed by atoms with Gasteiger partial charge in [0.2, 0.25) is 10.0 Å². The number of rotatable bonds is 5. The van der Waals surface area contributed by atoms with Crippen LogP contribution < -0.4 is 5.32 Å². The Labute approximate surface area is 203 Å². The van der Waals surface area contributed by atoms with Gasteiger partial charge in [0, 0.05) is 30.4 Å². The maximum absolute atomic E-state index is 13.3. The van der Waals surface area contributed by atoms with Crippen LogP contribution in [0.2, 0.25) is 5.02 Å². The summed E-state index contributed by atoms with van der Waals surface area (Å²) in [5.41, 5.74) is 3.37. The molecule has 0 bridgehead atoms. The smallest absolute Gasteiger partial charge is 0.256 e. The normalized spacial score (nSPS) is 14.5. The van der Waals surface area contributed by atoms with Crippen LogP contribution in [0.1, 0.15) is 28.8 Å². The number of fused-ring (bicyclic) bond motifs is 1. The summed E-state index contributed by atoms with van der Waals surface area (Å²) in [7, 11) is -3.78. The van der Waals surface area contributed by atoms with Gasteiger partial charge in [-0.3, -0.25) is 9.20 Å². The Bertz CT molecular complexity index is 1490. The average Bonchev–Trinajstić information content (AvgIpc) is 3.50. The minimum Gasteiger partial charge on any atom is -0.306 e. The van der Waals surface area contributed by atoms with Gasteiger partial charge in [0.1, 0.15) is 22.1 Å². The summed E-state index contributed by atoms with van der Waals surface area (Å²) in [6, 6.07) is 17.8. The standard InChI is InChI=1S/C25H23ClN4O3S/c1-17-8-7-15-30-23(17)27-22(18-9-3-2-4-10-18)24(30)28-25(31)19-11-12-20(26)21(16-19)34(32,33)29-13-5-6-14-29/h2-4,7-12,15-16H,5-6,13-14H2,1H3,(H,28,31). The number of amides is 1. The van der Waals surface area contributed by atoms with E-state index in [0.717, 1.165) is 29.6 Å². The molecule has 0 aliphatic carbocycles. The van der Waals surface area contributed by atoms with Crippen LogP contribution in [-0.2, 0) is 10.0 Å². The van der Waals surface area contributed by atoms with Crippen molar-refractivity contribution < 1.29 is 13.2 Å².